The third-order valence-corrected chi connectivity index (χ3v) is 5.55. The number of nitrogens with zero attached hydrogens (tertiary/aromatic N) is 3. The van der Waals surface area contributed by atoms with E-state index in [-0.39, 0.29) is 5.91 Å². The van der Waals surface area contributed by atoms with Crippen molar-refractivity contribution in [2.75, 3.05) is 37.0 Å². The molecule has 2 aromatic heterocycles. The molecule has 29 heavy (non-hydrogen) atoms. The van der Waals surface area contributed by atoms with E-state index >= 15 is 0 Å². The maximum absolute atomic E-state index is 12.6. The molecular formula is C21H23ClN4O2S. The number of thiazole rings is 1. The largest absolute Gasteiger partial charge is 0.383 e. The van der Waals surface area contributed by atoms with E-state index in [4.69, 9.17) is 16.3 Å². The highest BCUT2D eigenvalue weighted by Crippen LogP contribution is 2.31. The van der Waals surface area contributed by atoms with Gasteiger partial charge in [-0.2, -0.15) is 0 Å². The molecule has 0 saturated carbocycles. The van der Waals surface area contributed by atoms with Crippen molar-refractivity contribution in [3.63, 3.8) is 0 Å². The number of anilines is 2. The molecule has 0 unspecified atom stereocenters. The number of aromatic nitrogens is 2. The van der Waals surface area contributed by atoms with Crippen LogP contribution in [0, 0.1) is 6.92 Å². The monoisotopic (exact) mass is 430 g/mol. The van der Waals surface area contributed by atoms with Crippen LogP contribution in [0.3, 0.4) is 0 Å². The molecule has 0 atom stereocenters. The normalized spacial score (nSPS) is 10.8. The lowest BCUT2D eigenvalue weighted by Crippen LogP contribution is -2.27. The summed E-state index contributed by atoms with van der Waals surface area (Å²) in [6.45, 7) is 6.22. The van der Waals surface area contributed by atoms with Gasteiger partial charge in [0.1, 0.15) is 5.82 Å². The number of pyridine rings is 1. The second-order valence-corrected chi connectivity index (χ2v) is 8.00. The predicted octanol–water partition coefficient (Wildman–Crippen LogP) is 4.89. The predicted molar refractivity (Wildman–Crippen MR) is 119 cm³/mol. The van der Waals surface area contributed by atoms with E-state index < -0.39 is 0 Å². The zero-order valence-corrected chi connectivity index (χ0v) is 18.2. The molecule has 0 aliphatic carbocycles. The molecule has 0 bridgehead atoms. The van der Waals surface area contributed by atoms with Gasteiger partial charge in [0.15, 0.2) is 5.13 Å². The standard InChI is InChI=1S/C21H23ClN4O2S/c1-4-26(11-12-28-3)18-10-7-16(13-23-18)20(27)25-21-24-19(14(2)29-21)15-5-8-17(22)9-6-15/h5-10,13H,4,11-12H2,1-3H3,(H,24,25,27). The fraction of sp³-hybridized carbons (Fsp3) is 0.286. The van der Waals surface area contributed by atoms with Gasteiger partial charge in [-0.1, -0.05) is 23.7 Å². The molecule has 1 aromatic carbocycles. The van der Waals surface area contributed by atoms with Crippen molar-refractivity contribution in [1.82, 2.24) is 9.97 Å². The highest BCUT2D eigenvalue weighted by atomic mass is 35.5. The first-order chi connectivity index (χ1) is 14.0. The van der Waals surface area contributed by atoms with Crippen molar-refractivity contribution in [1.29, 1.82) is 0 Å². The molecule has 0 aliphatic heterocycles. The van der Waals surface area contributed by atoms with Crippen LogP contribution in [0.25, 0.3) is 11.3 Å². The van der Waals surface area contributed by atoms with Crippen molar-refractivity contribution in [3.05, 3.63) is 58.1 Å². The van der Waals surface area contributed by atoms with Gasteiger partial charge in [0.25, 0.3) is 5.91 Å². The summed E-state index contributed by atoms with van der Waals surface area (Å²) in [6, 6.07) is 11.1. The first kappa shape index (κ1) is 21.2. The van der Waals surface area contributed by atoms with Crippen LogP contribution in [0.5, 0.6) is 0 Å². The Balaban J connectivity index is 1.70. The number of carbonyl (C=O) groups is 1. The number of rotatable bonds is 8. The Hall–Kier alpha value is -2.48. The van der Waals surface area contributed by atoms with E-state index in [2.05, 4.69) is 27.1 Å². The van der Waals surface area contributed by atoms with Crippen LogP contribution in [0.15, 0.2) is 42.6 Å². The quantitative estimate of drug-likeness (QED) is 0.551. The maximum Gasteiger partial charge on any atom is 0.259 e. The highest BCUT2D eigenvalue weighted by Gasteiger charge is 2.14. The minimum absolute atomic E-state index is 0.236. The summed E-state index contributed by atoms with van der Waals surface area (Å²) in [7, 11) is 1.67. The molecular weight excluding hydrogens is 408 g/mol. The Morgan fingerprint density at radius 3 is 2.62 bits per heavy atom. The Morgan fingerprint density at radius 1 is 1.24 bits per heavy atom. The van der Waals surface area contributed by atoms with Gasteiger partial charge in [-0.05, 0) is 38.1 Å². The van der Waals surface area contributed by atoms with Gasteiger partial charge in [0.05, 0.1) is 17.9 Å². The summed E-state index contributed by atoms with van der Waals surface area (Å²) < 4.78 is 5.13. The van der Waals surface area contributed by atoms with Crippen LogP contribution in [-0.2, 0) is 4.74 Å². The summed E-state index contributed by atoms with van der Waals surface area (Å²) in [5.74, 6) is 0.580. The molecule has 1 N–H and O–H groups in total. The molecule has 0 aliphatic rings. The number of ether oxygens (including phenoxy) is 1. The number of hydrogen-bond acceptors (Lipinski definition) is 6. The third kappa shape index (κ3) is 5.32. The second-order valence-electron chi connectivity index (χ2n) is 6.36. The minimum atomic E-state index is -0.236. The van der Waals surface area contributed by atoms with E-state index in [1.165, 1.54) is 11.3 Å². The number of amides is 1. The molecule has 2 heterocycles. The maximum atomic E-state index is 12.6. The molecule has 3 rings (SSSR count). The van der Waals surface area contributed by atoms with Crippen LogP contribution in [0.2, 0.25) is 5.02 Å². The second kappa shape index (κ2) is 9.82. The number of likely N-dealkylation sites (N-methyl/N-ethyl adjacent to an activating group) is 1. The number of halogens is 1. The Kier molecular flexibility index (Phi) is 7.19. The van der Waals surface area contributed by atoms with Gasteiger partial charge in [0.2, 0.25) is 0 Å². The van der Waals surface area contributed by atoms with Crippen LogP contribution in [-0.4, -0.2) is 42.7 Å². The molecule has 0 radical (unpaired) electrons. The first-order valence-electron chi connectivity index (χ1n) is 9.26. The van der Waals surface area contributed by atoms with Crippen molar-refractivity contribution in [2.24, 2.45) is 0 Å². The van der Waals surface area contributed by atoms with Gasteiger partial charge in [-0.25, -0.2) is 9.97 Å². The zero-order valence-electron chi connectivity index (χ0n) is 16.6. The number of hydrogen-bond donors (Lipinski definition) is 1. The molecule has 0 spiro atoms. The zero-order chi connectivity index (χ0) is 20.8. The summed E-state index contributed by atoms with van der Waals surface area (Å²) in [5.41, 5.74) is 2.29. The summed E-state index contributed by atoms with van der Waals surface area (Å²) in [5, 5.41) is 4.09. The summed E-state index contributed by atoms with van der Waals surface area (Å²) in [6.07, 6.45) is 1.58. The van der Waals surface area contributed by atoms with Crippen molar-refractivity contribution in [3.8, 4) is 11.3 Å². The summed E-state index contributed by atoms with van der Waals surface area (Å²) >= 11 is 7.39. The van der Waals surface area contributed by atoms with Crippen LogP contribution < -0.4 is 10.2 Å². The highest BCUT2D eigenvalue weighted by molar-refractivity contribution is 7.16. The molecule has 1 amide bonds. The lowest BCUT2D eigenvalue weighted by Gasteiger charge is -2.21. The molecule has 6 nitrogen and oxygen atoms in total. The lowest BCUT2D eigenvalue weighted by molar-refractivity contribution is 0.102. The molecule has 0 fully saturated rings. The smallest absolute Gasteiger partial charge is 0.259 e. The van der Waals surface area contributed by atoms with Crippen molar-refractivity contribution >= 4 is 39.8 Å². The van der Waals surface area contributed by atoms with Crippen molar-refractivity contribution in [2.45, 2.75) is 13.8 Å². The van der Waals surface area contributed by atoms with E-state index in [1.54, 1.807) is 19.4 Å². The lowest BCUT2D eigenvalue weighted by atomic mass is 10.1. The Morgan fingerprint density at radius 2 is 2.00 bits per heavy atom. The fourth-order valence-corrected chi connectivity index (χ4v) is 3.80. The van der Waals surface area contributed by atoms with Crippen LogP contribution >= 0.6 is 22.9 Å². The van der Waals surface area contributed by atoms with Gasteiger partial charge in [-0.15, -0.1) is 11.3 Å². The number of methoxy groups -OCH3 is 1. The average molecular weight is 431 g/mol. The van der Waals surface area contributed by atoms with Gasteiger partial charge in [-0.3, -0.25) is 10.1 Å². The van der Waals surface area contributed by atoms with E-state index in [9.17, 15) is 4.79 Å². The average Bonchev–Trinajstić information content (AvgIpc) is 3.09. The van der Waals surface area contributed by atoms with E-state index in [1.807, 2.05) is 37.3 Å². The fourth-order valence-electron chi connectivity index (χ4n) is 2.84. The van der Waals surface area contributed by atoms with Crippen LogP contribution in [0.4, 0.5) is 10.9 Å². The van der Waals surface area contributed by atoms with Gasteiger partial charge < -0.3 is 9.64 Å². The van der Waals surface area contributed by atoms with Gasteiger partial charge >= 0.3 is 0 Å². The Labute approximate surface area is 179 Å². The van der Waals surface area contributed by atoms with Crippen molar-refractivity contribution < 1.29 is 9.53 Å². The third-order valence-electron chi connectivity index (χ3n) is 4.42. The number of benzene rings is 1. The topological polar surface area (TPSA) is 67.3 Å². The molecule has 152 valence electrons. The van der Waals surface area contributed by atoms with Crippen LogP contribution in [0.1, 0.15) is 22.2 Å². The van der Waals surface area contributed by atoms with Gasteiger partial charge in [0, 0.05) is 41.9 Å². The molecule has 3 aromatic rings. The number of carbonyl (C=O) groups excluding carboxylic acids is 1. The van der Waals surface area contributed by atoms with E-state index in [0.29, 0.717) is 22.3 Å². The Bertz CT molecular complexity index is 958. The summed E-state index contributed by atoms with van der Waals surface area (Å²) in [4.78, 5) is 24.7. The number of aryl methyl sites for hydroxylation is 1. The first-order valence-corrected chi connectivity index (χ1v) is 10.5. The molecule has 8 heteroatoms. The molecule has 0 saturated heterocycles. The number of nitrogens with one attached hydrogen (secondary N) is 1. The minimum Gasteiger partial charge on any atom is -0.383 e. The van der Waals surface area contributed by atoms with E-state index in [0.717, 1.165) is 35.0 Å². The SMILES string of the molecule is CCN(CCOC)c1ccc(C(=O)Nc2nc(-c3ccc(Cl)cc3)c(C)s2)cn1.